The third kappa shape index (κ3) is 4.84. The van der Waals surface area contributed by atoms with Gasteiger partial charge in [0, 0.05) is 28.2 Å². The number of aromatic amines is 1. The third-order valence-electron chi connectivity index (χ3n) is 5.61. The number of H-pyrrole nitrogens is 1. The van der Waals surface area contributed by atoms with Gasteiger partial charge in [-0.1, -0.05) is 30.7 Å². The van der Waals surface area contributed by atoms with Gasteiger partial charge in [0.2, 0.25) is 17.6 Å². The molecule has 0 saturated carbocycles. The van der Waals surface area contributed by atoms with Crippen LogP contribution in [0, 0.1) is 0 Å². The third-order valence-corrected chi connectivity index (χ3v) is 5.85. The van der Waals surface area contributed by atoms with Gasteiger partial charge < -0.3 is 9.88 Å². The molecule has 0 radical (unpaired) electrons. The number of fused-ring (bicyclic) bond motifs is 3. The molecule has 0 aliphatic carbocycles. The smallest absolute Gasteiger partial charge is 0.356 e. The fourth-order valence-corrected chi connectivity index (χ4v) is 4.34. The van der Waals surface area contributed by atoms with E-state index in [0.29, 0.717) is 30.0 Å². The molecule has 4 rings (SSSR count). The molecular weight excluding hydrogens is 484 g/mol. The molecule has 0 spiro atoms. The average Bonchev–Trinajstić information content (AvgIpc) is 3.13. The molecule has 12 heteroatoms. The van der Waals surface area contributed by atoms with Crippen LogP contribution in [0.25, 0.3) is 10.9 Å². The molecular formula is C22H20ClF6N5. The van der Waals surface area contributed by atoms with Crippen LogP contribution in [-0.4, -0.2) is 26.5 Å². The summed E-state index contributed by atoms with van der Waals surface area (Å²) in [6.07, 6.45) is -4.27. The van der Waals surface area contributed by atoms with Crippen LogP contribution in [-0.2, 0) is 18.8 Å². The molecule has 34 heavy (non-hydrogen) atoms. The van der Waals surface area contributed by atoms with Crippen LogP contribution in [0.4, 0.5) is 32.3 Å². The summed E-state index contributed by atoms with van der Waals surface area (Å²) in [6, 6.07) is 4.73. The highest BCUT2D eigenvalue weighted by Gasteiger charge is 2.43. The van der Waals surface area contributed by atoms with Crippen molar-refractivity contribution in [1.29, 1.82) is 0 Å². The molecule has 0 bridgehead atoms. The number of allylic oxidation sites excluding steroid dienone is 2. The zero-order chi connectivity index (χ0) is 24.7. The number of hydrogen-bond donors (Lipinski definition) is 1. The molecule has 1 unspecified atom stereocenters. The monoisotopic (exact) mass is 503 g/mol. The Morgan fingerprint density at radius 1 is 1.06 bits per heavy atom. The highest BCUT2D eigenvalue weighted by atomic mass is 35.5. The Bertz CT molecular complexity index is 1180. The lowest BCUT2D eigenvalue weighted by molar-refractivity contribution is -0.155. The summed E-state index contributed by atoms with van der Waals surface area (Å²) in [5, 5.41) is 1.40. The van der Waals surface area contributed by atoms with Crippen LogP contribution in [0.3, 0.4) is 0 Å². The molecule has 3 aromatic rings. The maximum Gasteiger partial charge on any atom is 0.451 e. The normalized spacial score (nSPS) is 17.1. The lowest BCUT2D eigenvalue weighted by Crippen LogP contribution is -2.38. The minimum Gasteiger partial charge on any atom is -0.356 e. The van der Waals surface area contributed by atoms with E-state index in [-0.39, 0.29) is 6.54 Å². The van der Waals surface area contributed by atoms with Crippen molar-refractivity contribution < 1.29 is 26.3 Å². The fraction of sp³-hybridized carbons (Fsp3) is 0.409. The van der Waals surface area contributed by atoms with E-state index < -0.39 is 36.0 Å². The topological polar surface area (TPSA) is 57.7 Å². The number of rotatable bonds is 5. The first kappa shape index (κ1) is 24.3. The number of aromatic nitrogens is 4. The zero-order valence-electron chi connectivity index (χ0n) is 17.9. The van der Waals surface area contributed by atoms with Gasteiger partial charge in [-0.05, 0) is 49.4 Å². The highest BCUT2D eigenvalue weighted by molar-refractivity contribution is 6.31. The van der Waals surface area contributed by atoms with Gasteiger partial charge in [0.25, 0.3) is 0 Å². The van der Waals surface area contributed by atoms with E-state index in [0.717, 1.165) is 22.9 Å². The van der Waals surface area contributed by atoms with Crippen LogP contribution in [0.2, 0.25) is 5.02 Å². The molecule has 182 valence electrons. The van der Waals surface area contributed by atoms with E-state index in [1.165, 1.54) is 4.90 Å². The summed E-state index contributed by atoms with van der Waals surface area (Å²) in [5.74, 6) is -4.39. The Kier molecular flexibility index (Phi) is 6.50. The van der Waals surface area contributed by atoms with Crippen LogP contribution in [0.15, 0.2) is 30.4 Å². The Balaban J connectivity index is 1.83. The number of nitrogens with one attached hydrogen (secondary N) is 1. The van der Waals surface area contributed by atoms with Crippen LogP contribution in [0.5, 0.6) is 0 Å². The largest absolute Gasteiger partial charge is 0.451 e. The molecule has 1 aliphatic heterocycles. The summed E-state index contributed by atoms with van der Waals surface area (Å²) in [7, 11) is 0. The average molecular weight is 504 g/mol. The van der Waals surface area contributed by atoms with E-state index in [4.69, 9.17) is 11.6 Å². The molecule has 2 aromatic heterocycles. The van der Waals surface area contributed by atoms with Gasteiger partial charge in [0.05, 0.1) is 6.04 Å². The zero-order valence-corrected chi connectivity index (χ0v) is 18.7. The molecule has 1 aliphatic rings. The molecule has 0 amide bonds. The minimum atomic E-state index is -5.16. The van der Waals surface area contributed by atoms with Crippen molar-refractivity contribution in [2.24, 2.45) is 0 Å². The maximum atomic E-state index is 13.3. The SMILES string of the molecule is CC/C=C\CCC1c2[nH]c3ccc(Cl)cc3c2CCN1c1nc(C(F)(F)F)nc(C(F)(F)F)n1. The van der Waals surface area contributed by atoms with E-state index in [1.807, 2.05) is 19.1 Å². The first-order valence-electron chi connectivity index (χ1n) is 10.6. The maximum absolute atomic E-state index is 13.3. The number of alkyl halides is 6. The summed E-state index contributed by atoms with van der Waals surface area (Å²) in [5.41, 5.74) is 2.42. The molecule has 1 atom stereocenters. The standard InChI is InChI=1S/C22H20ClF6N5/c1-2-3-4-5-6-16-17-13(14-11-12(23)7-8-15(14)30-17)9-10-34(16)20-32-18(21(24,25)26)31-19(33-20)22(27,28)29/h3-4,7-8,11,16,30H,2,5-6,9-10H2,1H3/b4-3-. The van der Waals surface area contributed by atoms with Crippen molar-refractivity contribution in [1.82, 2.24) is 19.9 Å². The molecule has 0 saturated heterocycles. The number of hydrogen-bond acceptors (Lipinski definition) is 4. The van der Waals surface area contributed by atoms with Crippen LogP contribution in [0.1, 0.15) is 55.1 Å². The van der Waals surface area contributed by atoms with Gasteiger partial charge in [0.1, 0.15) is 0 Å². The predicted octanol–water partition coefficient (Wildman–Crippen LogP) is 6.89. The Labute approximate surface area is 195 Å². The van der Waals surface area contributed by atoms with E-state index in [2.05, 4.69) is 19.9 Å². The summed E-state index contributed by atoms with van der Waals surface area (Å²) < 4.78 is 80.0. The van der Waals surface area contributed by atoms with E-state index in [9.17, 15) is 26.3 Å². The van der Waals surface area contributed by atoms with Crippen LogP contribution >= 0.6 is 11.6 Å². The number of anilines is 1. The first-order valence-corrected chi connectivity index (χ1v) is 11.0. The number of benzene rings is 1. The lowest BCUT2D eigenvalue weighted by atomic mass is 9.94. The first-order chi connectivity index (χ1) is 16.0. The van der Waals surface area contributed by atoms with Crippen molar-refractivity contribution in [3.8, 4) is 0 Å². The van der Waals surface area contributed by atoms with Crippen molar-refractivity contribution in [2.45, 2.75) is 51.0 Å². The Morgan fingerprint density at radius 3 is 2.35 bits per heavy atom. The molecule has 1 N–H and O–H groups in total. The Hall–Kier alpha value is -2.82. The molecule has 3 heterocycles. The van der Waals surface area contributed by atoms with Crippen LogP contribution < -0.4 is 4.90 Å². The molecule has 1 aromatic carbocycles. The number of nitrogens with zero attached hydrogens (tertiary/aromatic N) is 4. The minimum absolute atomic E-state index is 0.132. The Morgan fingerprint density at radius 2 is 1.74 bits per heavy atom. The van der Waals surface area contributed by atoms with Gasteiger partial charge in [-0.3, -0.25) is 0 Å². The van der Waals surface area contributed by atoms with Crippen molar-refractivity contribution in [3.63, 3.8) is 0 Å². The van der Waals surface area contributed by atoms with Gasteiger partial charge >= 0.3 is 12.4 Å². The summed E-state index contributed by atoms with van der Waals surface area (Å²) >= 11 is 6.14. The molecule has 0 fully saturated rings. The summed E-state index contributed by atoms with van der Waals surface area (Å²) in [4.78, 5) is 14.1. The van der Waals surface area contributed by atoms with Gasteiger partial charge in [-0.2, -0.15) is 36.3 Å². The van der Waals surface area contributed by atoms with E-state index in [1.54, 1.807) is 18.2 Å². The summed E-state index contributed by atoms with van der Waals surface area (Å²) in [6.45, 7) is 2.10. The second-order valence-corrected chi connectivity index (χ2v) is 8.34. The highest BCUT2D eigenvalue weighted by Crippen LogP contribution is 2.40. The fourth-order valence-electron chi connectivity index (χ4n) is 4.16. The van der Waals surface area contributed by atoms with Gasteiger partial charge in [-0.25, -0.2) is 4.98 Å². The van der Waals surface area contributed by atoms with Gasteiger partial charge in [-0.15, -0.1) is 0 Å². The van der Waals surface area contributed by atoms with Crippen molar-refractivity contribution >= 4 is 28.5 Å². The second-order valence-electron chi connectivity index (χ2n) is 7.90. The second kappa shape index (κ2) is 9.09. The van der Waals surface area contributed by atoms with E-state index >= 15 is 0 Å². The van der Waals surface area contributed by atoms with Crippen molar-refractivity contribution in [3.05, 3.63) is 58.3 Å². The quantitative estimate of drug-likeness (QED) is 0.304. The predicted molar refractivity (Wildman–Crippen MR) is 116 cm³/mol. The molecule has 5 nitrogen and oxygen atoms in total. The number of halogens is 7. The lowest BCUT2D eigenvalue weighted by Gasteiger charge is -2.36. The van der Waals surface area contributed by atoms with Crippen molar-refractivity contribution in [2.75, 3.05) is 11.4 Å². The van der Waals surface area contributed by atoms with Gasteiger partial charge in [0.15, 0.2) is 0 Å².